The van der Waals surface area contributed by atoms with Crippen molar-refractivity contribution in [3.05, 3.63) is 29.7 Å². The standard InChI is InChI=1S/C14H20N4O2/c1-3-6-15-7-8-16-14(19)12-9-11(17-18-12)13-5-4-10(2)20-13/h4-5,9,15H,3,6-8H2,1-2H3,(H,16,19)(H,17,18). The molecule has 1 amide bonds. The average Bonchev–Trinajstić information content (AvgIpc) is 3.06. The first-order valence-electron chi connectivity index (χ1n) is 6.82. The first-order valence-corrected chi connectivity index (χ1v) is 6.82. The van der Waals surface area contributed by atoms with E-state index in [1.807, 2.05) is 19.1 Å². The Bertz CT molecular complexity index is 559. The third kappa shape index (κ3) is 3.71. The number of nitrogens with one attached hydrogen (secondary N) is 3. The van der Waals surface area contributed by atoms with Crippen molar-refractivity contribution in [1.82, 2.24) is 20.8 Å². The molecule has 2 rings (SSSR count). The highest BCUT2D eigenvalue weighted by molar-refractivity contribution is 5.93. The molecule has 0 aliphatic heterocycles. The maximum Gasteiger partial charge on any atom is 0.271 e. The van der Waals surface area contributed by atoms with Crippen LogP contribution < -0.4 is 10.6 Å². The van der Waals surface area contributed by atoms with E-state index in [2.05, 4.69) is 27.8 Å². The van der Waals surface area contributed by atoms with Crippen LogP contribution in [0, 0.1) is 6.92 Å². The van der Waals surface area contributed by atoms with E-state index >= 15 is 0 Å². The number of aromatic nitrogens is 2. The van der Waals surface area contributed by atoms with Crippen LogP contribution in [0.5, 0.6) is 0 Å². The summed E-state index contributed by atoms with van der Waals surface area (Å²) in [4.78, 5) is 11.9. The van der Waals surface area contributed by atoms with Crippen LogP contribution in [-0.4, -0.2) is 35.7 Å². The number of amides is 1. The van der Waals surface area contributed by atoms with Gasteiger partial charge in [0, 0.05) is 19.2 Å². The summed E-state index contributed by atoms with van der Waals surface area (Å²) in [6.45, 7) is 6.28. The molecule has 2 heterocycles. The normalized spacial score (nSPS) is 10.7. The number of nitrogens with zero attached hydrogens (tertiary/aromatic N) is 1. The lowest BCUT2D eigenvalue weighted by Crippen LogP contribution is -2.32. The van der Waals surface area contributed by atoms with Gasteiger partial charge in [0.25, 0.3) is 5.91 Å². The summed E-state index contributed by atoms with van der Waals surface area (Å²) < 4.78 is 5.48. The van der Waals surface area contributed by atoms with Crippen molar-refractivity contribution in [2.24, 2.45) is 0 Å². The van der Waals surface area contributed by atoms with Crippen LogP contribution in [0.15, 0.2) is 22.6 Å². The zero-order valence-corrected chi connectivity index (χ0v) is 11.8. The summed E-state index contributed by atoms with van der Waals surface area (Å²) in [5.41, 5.74) is 1.07. The van der Waals surface area contributed by atoms with E-state index in [4.69, 9.17) is 4.42 Å². The van der Waals surface area contributed by atoms with Gasteiger partial charge >= 0.3 is 0 Å². The molecule has 0 saturated heterocycles. The summed E-state index contributed by atoms with van der Waals surface area (Å²) in [5.74, 6) is 1.32. The minimum Gasteiger partial charge on any atom is -0.460 e. The Balaban J connectivity index is 1.87. The molecule has 20 heavy (non-hydrogen) atoms. The molecule has 0 saturated carbocycles. The number of aryl methyl sites for hydroxylation is 1. The van der Waals surface area contributed by atoms with Gasteiger partial charge in [-0.25, -0.2) is 0 Å². The Morgan fingerprint density at radius 3 is 2.90 bits per heavy atom. The Labute approximate surface area is 117 Å². The van der Waals surface area contributed by atoms with Gasteiger partial charge in [0.15, 0.2) is 11.5 Å². The molecule has 6 heteroatoms. The van der Waals surface area contributed by atoms with Gasteiger partial charge in [0.1, 0.15) is 11.5 Å². The van der Waals surface area contributed by atoms with Crippen molar-refractivity contribution in [3.63, 3.8) is 0 Å². The molecule has 108 valence electrons. The van der Waals surface area contributed by atoms with Gasteiger partial charge in [-0.2, -0.15) is 5.10 Å². The molecule has 0 bridgehead atoms. The van der Waals surface area contributed by atoms with E-state index in [0.29, 0.717) is 23.7 Å². The lowest BCUT2D eigenvalue weighted by molar-refractivity contribution is 0.0949. The Morgan fingerprint density at radius 1 is 1.35 bits per heavy atom. The molecular formula is C14H20N4O2. The van der Waals surface area contributed by atoms with Crippen molar-refractivity contribution >= 4 is 5.91 Å². The molecule has 0 fully saturated rings. The topological polar surface area (TPSA) is 83.0 Å². The van der Waals surface area contributed by atoms with Crippen LogP contribution in [0.2, 0.25) is 0 Å². The van der Waals surface area contributed by atoms with Crippen molar-refractivity contribution < 1.29 is 9.21 Å². The number of aromatic amines is 1. The number of hydrogen-bond acceptors (Lipinski definition) is 4. The molecule has 0 atom stereocenters. The number of hydrogen-bond donors (Lipinski definition) is 3. The van der Waals surface area contributed by atoms with Gasteiger partial charge in [0.05, 0.1) is 0 Å². The highest BCUT2D eigenvalue weighted by atomic mass is 16.3. The zero-order valence-electron chi connectivity index (χ0n) is 11.8. The second kappa shape index (κ2) is 6.91. The minimum absolute atomic E-state index is 0.186. The van der Waals surface area contributed by atoms with Crippen LogP contribution in [0.25, 0.3) is 11.5 Å². The molecule has 0 unspecified atom stereocenters. The second-order valence-corrected chi connectivity index (χ2v) is 4.58. The van der Waals surface area contributed by atoms with E-state index in [9.17, 15) is 4.79 Å². The minimum atomic E-state index is -0.186. The molecule has 6 nitrogen and oxygen atoms in total. The maximum absolute atomic E-state index is 11.9. The van der Waals surface area contributed by atoms with Crippen LogP contribution >= 0.6 is 0 Å². The predicted molar refractivity (Wildman–Crippen MR) is 76.5 cm³/mol. The quantitative estimate of drug-likeness (QED) is 0.672. The van der Waals surface area contributed by atoms with Gasteiger partial charge < -0.3 is 15.1 Å². The van der Waals surface area contributed by atoms with E-state index in [0.717, 1.165) is 25.3 Å². The molecule has 0 aliphatic rings. The third-order valence-corrected chi connectivity index (χ3v) is 2.83. The van der Waals surface area contributed by atoms with Crippen LogP contribution in [0.3, 0.4) is 0 Å². The number of furan rings is 1. The largest absolute Gasteiger partial charge is 0.460 e. The van der Waals surface area contributed by atoms with Gasteiger partial charge in [0.2, 0.25) is 0 Å². The highest BCUT2D eigenvalue weighted by Crippen LogP contribution is 2.20. The Morgan fingerprint density at radius 2 is 2.20 bits per heavy atom. The lowest BCUT2D eigenvalue weighted by atomic mass is 10.3. The van der Waals surface area contributed by atoms with Gasteiger partial charge in [-0.3, -0.25) is 9.89 Å². The van der Waals surface area contributed by atoms with Crippen molar-refractivity contribution in [3.8, 4) is 11.5 Å². The van der Waals surface area contributed by atoms with E-state index < -0.39 is 0 Å². The molecular weight excluding hydrogens is 256 g/mol. The average molecular weight is 276 g/mol. The Kier molecular flexibility index (Phi) is 4.95. The van der Waals surface area contributed by atoms with Crippen LogP contribution in [0.1, 0.15) is 29.6 Å². The van der Waals surface area contributed by atoms with Crippen LogP contribution in [-0.2, 0) is 0 Å². The number of carbonyl (C=O) groups is 1. The monoisotopic (exact) mass is 276 g/mol. The predicted octanol–water partition coefficient (Wildman–Crippen LogP) is 1.71. The molecule has 3 N–H and O–H groups in total. The fraction of sp³-hybridized carbons (Fsp3) is 0.429. The SMILES string of the molecule is CCCNCCNC(=O)c1cc(-c2ccc(C)o2)[nH]n1. The second-order valence-electron chi connectivity index (χ2n) is 4.58. The summed E-state index contributed by atoms with van der Waals surface area (Å²) in [6.07, 6.45) is 1.08. The molecule has 0 aliphatic carbocycles. The molecule has 2 aromatic rings. The third-order valence-electron chi connectivity index (χ3n) is 2.83. The van der Waals surface area contributed by atoms with Crippen molar-refractivity contribution in [2.45, 2.75) is 20.3 Å². The smallest absolute Gasteiger partial charge is 0.271 e. The van der Waals surface area contributed by atoms with Gasteiger partial charge in [-0.15, -0.1) is 0 Å². The summed E-state index contributed by atoms with van der Waals surface area (Å²) in [6, 6.07) is 5.40. The number of H-pyrrole nitrogens is 1. The Hall–Kier alpha value is -2.08. The maximum atomic E-state index is 11.9. The number of rotatable bonds is 7. The fourth-order valence-corrected chi connectivity index (χ4v) is 1.80. The molecule has 0 radical (unpaired) electrons. The highest BCUT2D eigenvalue weighted by Gasteiger charge is 2.12. The first kappa shape index (κ1) is 14.3. The summed E-state index contributed by atoms with van der Waals surface area (Å²) >= 11 is 0. The molecule has 2 aromatic heterocycles. The summed E-state index contributed by atoms with van der Waals surface area (Å²) in [5, 5.41) is 12.8. The fourth-order valence-electron chi connectivity index (χ4n) is 1.80. The zero-order chi connectivity index (χ0) is 14.4. The van der Waals surface area contributed by atoms with Gasteiger partial charge in [-0.05, 0) is 32.0 Å². The van der Waals surface area contributed by atoms with Crippen molar-refractivity contribution in [1.29, 1.82) is 0 Å². The summed E-state index contributed by atoms with van der Waals surface area (Å²) in [7, 11) is 0. The number of carbonyl (C=O) groups excluding carboxylic acids is 1. The van der Waals surface area contributed by atoms with Crippen LogP contribution in [0.4, 0.5) is 0 Å². The lowest BCUT2D eigenvalue weighted by Gasteiger charge is -2.03. The molecule has 0 spiro atoms. The first-order chi connectivity index (χ1) is 9.70. The van der Waals surface area contributed by atoms with E-state index in [-0.39, 0.29) is 5.91 Å². The molecule has 0 aromatic carbocycles. The van der Waals surface area contributed by atoms with Gasteiger partial charge in [-0.1, -0.05) is 6.92 Å². The van der Waals surface area contributed by atoms with E-state index in [1.165, 1.54) is 0 Å². The van der Waals surface area contributed by atoms with E-state index in [1.54, 1.807) is 6.07 Å². The van der Waals surface area contributed by atoms with Crippen molar-refractivity contribution in [2.75, 3.05) is 19.6 Å².